The number of hydrogen-bond donors (Lipinski definition) is 1. The van der Waals surface area contributed by atoms with Crippen LogP contribution in [0.3, 0.4) is 0 Å². The Kier molecular flexibility index (Phi) is 7.63. The van der Waals surface area contributed by atoms with Crippen molar-refractivity contribution in [1.82, 2.24) is 5.32 Å². The lowest BCUT2D eigenvalue weighted by atomic mass is 10.0. The molecule has 1 heterocycles. The van der Waals surface area contributed by atoms with Crippen LogP contribution in [-0.4, -0.2) is 13.1 Å². The van der Waals surface area contributed by atoms with E-state index >= 15 is 0 Å². The van der Waals surface area contributed by atoms with E-state index in [0.717, 1.165) is 6.54 Å². The highest BCUT2D eigenvalue weighted by atomic mass is 14.9. The van der Waals surface area contributed by atoms with Gasteiger partial charge in [0.05, 0.1) is 0 Å². The Morgan fingerprint density at radius 2 is 1.93 bits per heavy atom. The van der Waals surface area contributed by atoms with Gasteiger partial charge in [-0.25, -0.2) is 0 Å². The molecule has 1 heteroatoms. The quantitative estimate of drug-likeness (QED) is 0.493. The number of unbranched alkanes of at least 4 members (excludes halogenated alkanes) is 6. The Balaban J connectivity index is 1.91. The third-order valence-corrected chi connectivity index (χ3v) is 3.19. The van der Waals surface area contributed by atoms with Crippen LogP contribution in [0.5, 0.6) is 0 Å². The molecule has 1 aliphatic heterocycles. The maximum atomic E-state index is 3.44. The van der Waals surface area contributed by atoms with Gasteiger partial charge in [-0.15, -0.1) is 0 Å². The standard InChI is InChI=1S/C14H27N/c1-2-3-4-5-6-7-8-10-14-11-9-12-15-13-14/h10,15H,2-9,11-13H2,1H3. The molecule has 0 amide bonds. The summed E-state index contributed by atoms with van der Waals surface area (Å²) in [7, 11) is 0. The van der Waals surface area contributed by atoms with Gasteiger partial charge in [-0.2, -0.15) is 0 Å². The molecule has 1 rings (SSSR count). The normalized spacial score (nSPS) is 19.7. The van der Waals surface area contributed by atoms with Gasteiger partial charge in [0, 0.05) is 6.54 Å². The van der Waals surface area contributed by atoms with Gasteiger partial charge >= 0.3 is 0 Å². The topological polar surface area (TPSA) is 12.0 Å². The van der Waals surface area contributed by atoms with E-state index in [1.807, 2.05) is 0 Å². The summed E-state index contributed by atoms with van der Waals surface area (Å²) in [5.41, 5.74) is 1.65. The first-order valence-electron chi connectivity index (χ1n) is 6.82. The number of piperidine rings is 1. The number of allylic oxidation sites excluding steroid dienone is 1. The average Bonchev–Trinajstić information content (AvgIpc) is 2.29. The molecule has 0 spiro atoms. The predicted octanol–water partition coefficient (Wildman–Crippen LogP) is 4.05. The Labute approximate surface area is 95.3 Å². The van der Waals surface area contributed by atoms with E-state index in [1.165, 1.54) is 64.3 Å². The fourth-order valence-electron chi connectivity index (χ4n) is 2.18. The second kappa shape index (κ2) is 8.96. The van der Waals surface area contributed by atoms with Crippen molar-refractivity contribution in [3.63, 3.8) is 0 Å². The van der Waals surface area contributed by atoms with Crippen molar-refractivity contribution in [2.75, 3.05) is 13.1 Å². The van der Waals surface area contributed by atoms with Crippen LogP contribution < -0.4 is 5.32 Å². The van der Waals surface area contributed by atoms with E-state index < -0.39 is 0 Å². The maximum absolute atomic E-state index is 3.44. The lowest BCUT2D eigenvalue weighted by Gasteiger charge is -2.15. The van der Waals surface area contributed by atoms with E-state index in [9.17, 15) is 0 Å². The molecule has 0 aromatic rings. The van der Waals surface area contributed by atoms with Crippen molar-refractivity contribution in [2.24, 2.45) is 0 Å². The highest BCUT2D eigenvalue weighted by molar-refractivity contribution is 5.06. The minimum atomic E-state index is 1.15. The SMILES string of the molecule is CCCCCCCCC=C1CCCNC1. The zero-order valence-corrected chi connectivity index (χ0v) is 10.4. The zero-order valence-electron chi connectivity index (χ0n) is 10.4. The van der Waals surface area contributed by atoms with E-state index in [0.29, 0.717) is 0 Å². The van der Waals surface area contributed by atoms with Crippen LogP contribution in [0, 0.1) is 0 Å². The molecule has 0 unspecified atom stereocenters. The summed E-state index contributed by atoms with van der Waals surface area (Å²) in [6.45, 7) is 4.64. The third-order valence-electron chi connectivity index (χ3n) is 3.19. The molecule has 88 valence electrons. The van der Waals surface area contributed by atoms with E-state index in [1.54, 1.807) is 5.57 Å². The van der Waals surface area contributed by atoms with Crippen molar-refractivity contribution in [3.05, 3.63) is 11.6 Å². The highest BCUT2D eigenvalue weighted by Crippen LogP contribution is 2.12. The monoisotopic (exact) mass is 209 g/mol. The van der Waals surface area contributed by atoms with Crippen LogP contribution in [0.1, 0.15) is 64.7 Å². The molecule has 0 atom stereocenters. The molecule has 0 radical (unpaired) electrons. The Morgan fingerprint density at radius 3 is 2.67 bits per heavy atom. The number of nitrogens with one attached hydrogen (secondary N) is 1. The third kappa shape index (κ3) is 6.72. The van der Waals surface area contributed by atoms with Gasteiger partial charge in [0.2, 0.25) is 0 Å². The van der Waals surface area contributed by atoms with Gasteiger partial charge in [0.25, 0.3) is 0 Å². The smallest absolute Gasteiger partial charge is 0.0164 e. The molecule has 1 N–H and O–H groups in total. The molecule has 1 aliphatic rings. The van der Waals surface area contributed by atoms with Crippen LogP contribution in [0.15, 0.2) is 11.6 Å². The molecule has 0 aromatic heterocycles. The number of hydrogen-bond acceptors (Lipinski definition) is 1. The molecule has 1 nitrogen and oxygen atoms in total. The van der Waals surface area contributed by atoms with Gasteiger partial charge in [0.1, 0.15) is 0 Å². The Morgan fingerprint density at radius 1 is 1.13 bits per heavy atom. The summed E-state index contributed by atoms with van der Waals surface area (Å²) in [4.78, 5) is 0. The zero-order chi connectivity index (χ0) is 10.8. The molecule has 0 bridgehead atoms. The first-order valence-corrected chi connectivity index (χ1v) is 6.82. The van der Waals surface area contributed by atoms with Crippen molar-refractivity contribution in [2.45, 2.75) is 64.7 Å². The molecule has 0 saturated carbocycles. The summed E-state index contributed by atoms with van der Waals surface area (Å²) >= 11 is 0. The van der Waals surface area contributed by atoms with Crippen LogP contribution >= 0.6 is 0 Å². The van der Waals surface area contributed by atoms with Crippen LogP contribution in [0.25, 0.3) is 0 Å². The summed E-state index contributed by atoms with van der Waals surface area (Å²) in [6, 6.07) is 0. The van der Waals surface area contributed by atoms with E-state index in [4.69, 9.17) is 0 Å². The summed E-state index contributed by atoms with van der Waals surface area (Å²) < 4.78 is 0. The largest absolute Gasteiger partial charge is 0.313 e. The highest BCUT2D eigenvalue weighted by Gasteiger charge is 2.02. The Bertz CT molecular complexity index is 164. The van der Waals surface area contributed by atoms with Gasteiger partial charge in [-0.05, 0) is 32.2 Å². The van der Waals surface area contributed by atoms with Crippen molar-refractivity contribution in [1.29, 1.82) is 0 Å². The van der Waals surface area contributed by atoms with Gasteiger partial charge in [-0.3, -0.25) is 0 Å². The molecular weight excluding hydrogens is 182 g/mol. The van der Waals surface area contributed by atoms with Crippen LogP contribution in [0.4, 0.5) is 0 Å². The lowest BCUT2D eigenvalue weighted by Crippen LogP contribution is -2.23. The average molecular weight is 209 g/mol. The van der Waals surface area contributed by atoms with Crippen molar-refractivity contribution >= 4 is 0 Å². The first kappa shape index (κ1) is 12.8. The second-order valence-electron chi connectivity index (χ2n) is 4.70. The van der Waals surface area contributed by atoms with Crippen molar-refractivity contribution in [3.8, 4) is 0 Å². The van der Waals surface area contributed by atoms with E-state index in [-0.39, 0.29) is 0 Å². The van der Waals surface area contributed by atoms with Crippen LogP contribution in [0.2, 0.25) is 0 Å². The van der Waals surface area contributed by atoms with Crippen LogP contribution in [-0.2, 0) is 0 Å². The minimum absolute atomic E-state index is 1.15. The lowest BCUT2D eigenvalue weighted by molar-refractivity contribution is 0.595. The maximum Gasteiger partial charge on any atom is 0.0164 e. The second-order valence-corrected chi connectivity index (χ2v) is 4.70. The Hall–Kier alpha value is -0.300. The van der Waals surface area contributed by atoms with Gasteiger partial charge in [-0.1, -0.05) is 50.7 Å². The summed E-state index contributed by atoms with van der Waals surface area (Å²) in [6.07, 6.45) is 14.9. The fourth-order valence-corrected chi connectivity index (χ4v) is 2.18. The first-order chi connectivity index (χ1) is 7.43. The van der Waals surface area contributed by atoms with Gasteiger partial charge < -0.3 is 5.32 Å². The van der Waals surface area contributed by atoms with Crippen molar-refractivity contribution < 1.29 is 0 Å². The number of rotatable bonds is 7. The minimum Gasteiger partial charge on any atom is -0.313 e. The van der Waals surface area contributed by atoms with Gasteiger partial charge in [0.15, 0.2) is 0 Å². The molecule has 0 aliphatic carbocycles. The molecule has 1 fully saturated rings. The summed E-state index contributed by atoms with van der Waals surface area (Å²) in [5.74, 6) is 0. The summed E-state index contributed by atoms with van der Waals surface area (Å²) in [5, 5.41) is 3.44. The molecular formula is C14H27N. The molecule has 1 saturated heterocycles. The fraction of sp³-hybridized carbons (Fsp3) is 0.857. The molecule has 15 heavy (non-hydrogen) atoms. The predicted molar refractivity (Wildman–Crippen MR) is 68.2 cm³/mol. The van der Waals surface area contributed by atoms with E-state index in [2.05, 4.69) is 18.3 Å². The molecule has 0 aromatic carbocycles.